The molecular formula is C10H12F2S. The molecule has 1 aliphatic rings. The summed E-state index contributed by atoms with van der Waals surface area (Å²) in [5.41, 5.74) is 0.299. The summed E-state index contributed by atoms with van der Waals surface area (Å²) < 4.78 is 27.0. The Morgan fingerprint density at radius 2 is 2.15 bits per heavy atom. The number of rotatable bonds is 0. The van der Waals surface area contributed by atoms with Crippen LogP contribution < -0.4 is 0 Å². The van der Waals surface area contributed by atoms with Crippen molar-refractivity contribution >= 4 is 11.3 Å². The van der Waals surface area contributed by atoms with Crippen molar-refractivity contribution in [1.29, 1.82) is 0 Å². The maximum atomic E-state index is 13.5. The molecule has 1 aliphatic carbocycles. The van der Waals surface area contributed by atoms with Crippen LogP contribution in [0.1, 0.15) is 34.6 Å². The smallest absolute Gasteiger partial charge is 0.201 e. The Morgan fingerprint density at radius 1 is 1.38 bits per heavy atom. The molecule has 3 heteroatoms. The third-order valence-corrected chi connectivity index (χ3v) is 3.58. The summed E-state index contributed by atoms with van der Waals surface area (Å²) in [7, 11) is 0. The van der Waals surface area contributed by atoms with Gasteiger partial charge >= 0.3 is 0 Å². The Balaban J connectivity index is 2.47. The van der Waals surface area contributed by atoms with Gasteiger partial charge in [0.05, 0.1) is 0 Å². The van der Waals surface area contributed by atoms with Gasteiger partial charge in [0, 0.05) is 21.7 Å². The highest BCUT2D eigenvalue weighted by Gasteiger charge is 2.36. The molecule has 0 unspecified atom stereocenters. The fourth-order valence-electron chi connectivity index (χ4n) is 1.83. The van der Waals surface area contributed by atoms with Crippen molar-refractivity contribution in [2.24, 2.45) is 0 Å². The van der Waals surface area contributed by atoms with Gasteiger partial charge in [-0.25, -0.2) is 8.78 Å². The highest BCUT2D eigenvalue weighted by atomic mass is 32.1. The molecular weight excluding hydrogens is 190 g/mol. The minimum atomic E-state index is -2.57. The SMILES string of the molecule is Cc1cc2c(s1)CCCCC2(F)F. The molecule has 0 bridgehead atoms. The van der Waals surface area contributed by atoms with Gasteiger partial charge in [-0.05, 0) is 32.3 Å². The van der Waals surface area contributed by atoms with E-state index in [1.165, 1.54) is 11.3 Å². The number of hydrogen-bond acceptors (Lipinski definition) is 1. The van der Waals surface area contributed by atoms with Gasteiger partial charge in [-0.2, -0.15) is 0 Å². The van der Waals surface area contributed by atoms with E-state index in [2.05, 4.69) is 0 Å². The molecule has 0 amide bonds. The Bertz CT molecular complexity index is 315. The second kappa shape index (κ2) is 3.05. The fourth-order valence-corrected chi connectivity index (χ4v) is 2.96. The van der Waals surface area contributed by atoms with E-state index >= 15 is 0 Å². The molecule has 72 valence electrons. The zero-order chi connectivity index (χ0) is 9.47. The number of alkyl halides is 2. The predicted molar refractivity (Wildman–Crippen MR) is 50.5 cm³/mol. The average Bonchev–Trinajstić information content (AvgIpc) is 2.36. The van der Waals surface area contributed by atoms with E-state index in [1.54, 1.807) is 6.07 Å². The van der Waals surface area contributed by atoms with E-state index < -0.39 is 5.92 Å². The van der Waals surface area contributed by atoms with Gasteiger partial charge in [-0.15, -0.1) is 11.3 Å². The highest BCUT2D eigenvalue weighted by Crippen LogP contribution is 2.42. The molecule has 0 saturated carbocycles. The van der Waals surface area contributed by atoms with Crippen LogP contribution in [0.4, 0.5) is 8.78 Å². The zero-order valence-electron chi connectivity index (χ0n) is 7.57. The Kier molecular flexibility index (Phi) is 2.14. The van der Waals surface area contributed by atoms with E-state index in [0.29, 0.717) is 12.0 Å². The minimum absolute atomic E-state index is 0.0240. The van der Waals surface area contributed by atoms with Gasteiger partial charge in [0.15, 0.2) is 0 Å². The Morgan fingerprint density at radius 3 is 2.92 bits per heavy atom. The summed E-state index contributed by atoms with van der Waals surface area (Å²) >= 11 is 1.53. The lowest BCUT2D eigenvalue weighted by Crippen LogP contribution is -2.11. The van der Waals surface area contributed by atoms with Crippen molar-refractivity contribution in [3.63, 3.8) is 0 Å². The number of fused-ring (bicyclic) bond motifs is 1. The Hall–Kier alpha value is -0.440. The second-order valence-corrected chi connectivity index (χ2v) is 4.95. The molecule has 13 heavy (non-hydrogen) atoms. The summed E-state index contributed by atoms with van der Waals surface area (Å²) in [5, 5.41) is 0. The van der Waals surface area contributed by atoms with Crippen molar-refractivity contribution in [2.45, 2.75) is 38.5 Å². The van der Waals surface area contributed by atoms with Gasteiger partial charge < -0.3 is 0 Å². The summed E-state index contributed by atoms with van der Waals surface area (Å²) in [6.45, 7) is 1.90. The van der Waals surface area contributed by atoms with Crippen molar-refractivity contribution < 1.29 is 8.78 Å². The van der Waals surface area contributed by atoms with Gasteiger partial charge in [-0.3, -0.25) is 0 Å². The first-order valence-corrected chi connectivity index (χ1v) is 5.39. The normalized spacial score (nSPS) is 20.8. The van der Waals surface area contributed by atoms with Crippen LogP contribution in [0.2, 0.25) is 0 Å². The van der Waals surface area contributed by atoms with Crippen LogP contribution >= 0.6 is 11.3 Å². The first-order chi connectivity index (χ1) is 6.09. The summed E-state index contributed by atoms with van der Waals surface area (Å²) in [4.78, 5) is 1.91. The van der Waals surface area contributed by atoms with Crippen LogP contribution in [-0.4, -0.2) is 0 Å². The molecule has 0 spiro atoms. The quantitative estimate of drug-likeness (QED) is 0.560. The van der Waals surface area contributed by atoms with Gasteiger partial charge in [0.25, 0.3) is 5.92 Å². The molecule has 1 aromatic heterocycles. The number of hydrogen-bond donors (Lipinski definition) is 0. The van der Waals surface area contributed by atoms with Crippen LogP contribution in [0.15, 0.2) is 6.07 Å². The second-order valence-electron chi connectivity index (χ2n) is 3.61. The third-order valence-electron chi connectivity index (χ3n) is 2.47. The molecule has 0 saturated heterocycles. The largest absolute Gasteiger partial charge is 0.274 e. The molecule has 0 aliphatic heterocycles. The molecule has 0 aromatic carbocycles. The summed E-state index contributed by atoms with van der Waals surface area (Å²) in [6.07, 6.45) is 2.41. The lowest BCUT2D eigenvalue weighted by molar-refractivity contribution is -0.0133. The average molecular weight is 202 g/mol. The van der Waals surface area contributed by atoms with E-state index in [1.807, 2.05) is 6.92 Å². The molecule has 0 radical (unpaired) electrons. The molecule has 1 heterocycles. The first kappa shape index (κ1) is 9.13. The molecule has 0 fully saturated rings. The monoisotopic (exact) mass is 202 g/mol. The third kappa shape index (κ3) is 1.62. The van der Waals surface area contributed by atoms with E-state index in [9.17, 15) is 8.78 Å². The first-order valence-electron chi connectivity index (χ1n) is 4.57. The van der Waals surface area contributed by atoms with Crippen molar-refractivity contribution in [3.05, 3.63) is 21.4 Å². The van der Waals surface area contributed by atoms with Crippen LogP contribution in [0.5, 0.6) is 0 Å². The standard InChI is InChI=1S/C10H12F2S/c1-7-6-8-9(13-7)4-2-3-5-10(8,11)12/h6H,2-5H2,1H3. The van der Waals surface area contributed by atoms with E-state index in [0.717, 1.165) is 22.6 Å². The molecule has 0 nitrogen and oxygen atoms in total. The molecule has 1 aromatic rings. The van der Waals surface area contributed by atoms with Crippen LogP contribution in [0, 0.1) is 6.92 Å². The maximum Gasteiger partial charge on any atom is 0.274 e. The maximum absolute atomic E-state index is 13.5. The van der Waals surface area contributed by atoms with Gasteiger partial charge in [0.1, 0.15) is 0 Å². The number of halogens is 2. The number of aryl methyl sites for hydroxylation is 2. The summed E-state index contributed by atoms with van der Waals surface area (Å²) in [5.74, 6) is -2.57. The lowest BCUT2D eigenvalue weighted by Gasteiger charge is -2.13. The van der Waals surface area contributed by atoms with Crippen molar-refractivity contribution in [2.75, 3.05) is 0 Å². The van der Waals surface area contributed by atoms with Crippen molar-refractivity contribution in [1.82, 2.24) is 0 Å². The van der Waals surface area contributed by atoms with Gasteiger partial charge in [0.2, 0.25) is 0 Å². The van der Waals surface area contributed by atoms with Crippen LogP contribution in [-0.2, 0) is 12.3 Å². The van der Waals surface area contributed by atoms with Gasteiger partial charge in [-0.1, -0.05) is 0 Å². The fraction of sp³-hybridized carbons (Fsp3) is 0.600. The predicted octanol–water partition coefficient (Wildman–Crippen LogP) is 3.87. The molecule has 2 rings (SSSR count). The van der Waals surface area contributed by atoms with Crippen molar-refractivity contribution in [3.8, 4) is 0 Å². The van der Waals surface area contributed by atoms with Crippen LogP contribution in [0.25, 0.3) is 0 Å². The van der Waals surface area contributed by atoms with Crippen LogP contribution in [0.3, 0.4) is 0 Å². The molecule has 0 N–H and O–H groups in total. The van der Waals surface area contributed by atoms with E-state index in [4.69, 9.17) is 0 Å². The number of thiophene rings is 1. The molecule has 0 atom stereocenters. The topological polar surface area (TPSA) is 0 Å². The Labute approximate surface area is 80.6 Å². The lowest BCUT2D eigenvalue weighted by atomic mass is 10.1. The summed E-state index contributed by atoms with van der Waals surface area (Å²) in [6, 6.07) is 1.66. The van der Waals surface area contributed by atoms with E-state index in [-0.39, 0.29) is 6.42 Å². The highest BCUT2D eigenvalue weighted by molar-refractivity contribution is 7.12. The minimum Gasteiger partial charge on any atom is -0.201 e. The zero-order valence-corrected chi connectivity index (χ0v) is 8.39.